The fourth-order valence-electron chi connectivity index (χ4n) is 3.99. The number of carbonyl (C=O) groups excluding carboxylic acids is 2. The van der Waals surface area contributed by atoms with Crippen LogP contribution in [-0.4, -0.2) is 43.9 Å². The van der Waals surface area contributed by atoms with Crippen LogP contribution in [0.4, 0.5) is 0 Å². The molecule has 0 spiro atoms. The molecule has 8 heteroatoms. The van der Waals surface area contributed by atoms with Gasteiger partial charge in [0.05, 0.1) is 10.7 Å². The van der Waals surface area contributed by atoms with Crippen molar-refractivity contribution in [3.05, 3.63) is 0 Å². The van der Waals surface area contributed by atoms with Gasteiger partial charge in [-0.25, -0.2) is 4.79 Å². The molecule has 3 aliphatic rings. The lowest BCUT2D eigenvalue weighted by Crippen LogP contribution is -2.41. The highest BCUT2D eigenvalue weighted by atomic mass is 32.2. The van der Waals surface area contributed by atoms with E-state index in [-0.39, 0.29) is 11.8 Å². The first-order chi connectivity index (χ1) is 11.6. The van der Waals surface area contributed by atoms with Crippen LogP contribution < -0.4 is 0 Å². The predicted molar refractivity (Wildman–Crippen MR) is 87.9 cm³/mol. The molecule has 0 N–H and O–H groups in total. The van der Waals surface area contributed by atoms with E-state index in [2.05, 4.69) is 0 Å². The molecule has 2 saturated carbocycles. The second-order valence-electron chi connectivity index (χ2n) is 7.93. The minimum absolute atomic E-state index is 0.00140. The van der Waals surface area contributed by atoms with E-state index in [0.717, 1.165) is 0 Å². The quantitative estimate of drug-likeness (QED) is 0.516. The Morgan fingerprint density at radius 1 is 1.24 bits per heavy atom. The summed E-state index contributed by atoms with van der Waals surface area (Å²) >= 11 is 0. The molecule has 0 aromatic heterocycles. The molecule has 0 aromatic carbocycles. The first-order valence-electron chi connectivity index (χ1n) is 8.94. The normalized spacial score (nSPS) is 36.2. The Labute approximate surface area is 148 Å². The highest BCUT2D eigenvalue weighted by molar-refractivity contribution is 7.87. The van der Waals surface area contributed by atoms with E-state index >= 15 is 0 Å². The summed E-state index contributed by atoms with van der Waals surface area (Å²) < 4.78 is 40.0. The van der Waals surface area contributed by atoms with Crippen LogP contribution in [0.25, 0.3) is 0 Å². The molecule has 0 radical (unpaired) electrons. The van der Waals surface area contributed by atoms with E-state index in [4.69, 9.17) is 13.7 Å². The maximum absolute atomic E-state index is 12.5. The van der Waals surface area contributed by atoms with Crippen LogP contribution in [0.5, 0.6) is 0 Å². The topological polar surface area (TPSA) is 96.0 Å². The number of esters is 2. The first-order valence-corrected chi connectivity index (χ1v) is 10.4. The summed E-state index contributed by atoms with van der Waals surface area (Å²) in [6.45, 7) is 7.15. The van der Waals surface area contributed by atoms with Gasteiger partial charge in [-0.3, -0.25) is 8.98 Å². The van der Waals surface area contributed by atoms with E-state index in [1.807, 2.05) is 6.92 Å². The summed E-state index contributed by atoms with van der Waals surface area (Å²) in [5, 5.41) is -0.456. The fourth-order valence-corrected chi connectivity index (χ4v) is 5.87. The number of rotatable bonds is 6. The standard InChI is InChI=1S/C17H26O7S/c1-5-11(22-16(19)17(3,4)6-2)15(18)23-13-9-7-10-12(8-9)25(20,21)24-14(10)13/h9-14H,5-8H2,1-4H3. The fraction of sp³-hybridized carbons (Fsp3) is 0.882. The summed E-state index contributed by atoms with van der Waals surface area (Å²) in [5.41, 5.74) is -0.671. The van der Waals surface area contributed by atoms with Crippen LogP contribution in [0.15, 0.2) is 0 Å². The number of ether oxygens (including phenoxy) is 2. The molecule has 2 bridgehead atoms. The lowest BCUT2D eigenvalue weighted by atomic mass is 9.90. The Kier molecular flexibility index (Phi) is 4.64. The molecule has 2 aliphatic carbocycles. The molecule has 0 amide bonds. The number of hydrogen-bond acceptors (Lipinski definition) is 7. The van der Waals surface area contributed by atoms with Gasteiger partial charge in [-0.1, -0.05) is 13.8 Å². The summed E-state index contributed by atoms with van der Waals surface area (Å²) in [5.74, 6) is -1.15. The van der Waals surface area contributed by atoms with E-state index in [1.165, 1.54) is 0 Å². The Bertz CT molecular complexity index is 668. The zero-order chi connectivity index (χ0) is 18.6. The molecule has 25 heavy (non-hydrogen) atoms. The van der Waals surface area contributed by atoms with E-state index < -0.39 is 51.0 Å². The van der Waals surface area contributed by atoms with E-state index in [9.17, 15) is 18.0 Å². The molecular formula is C17H26O7S. The van der Waals surface area contributed by atoms with Gasteiger partial charge in [0.15, 0.2) is 6.10 Å². The van der Waals surface area contributed by atoms with Crippen molar-refractivity contribution in [1.82, 2.24) is 0 Å². The lowest BCUT2D eigenvalue weighted by molar-refractivity contribution is -0.180. The van der Waals surface area contributed by atoms with Crippen LogP contribution in [-0.2, 0) is 33.4 Å². The molecule has 3 fully saturated rings. The number of carbonyl (C=O) groups is 2. The average Bonchev–Trinajstić information content (AvgIpc) is 3.16. The zero-order valence-electron chi connectivity index (χ0n) is 15.1. The highest BCUT2D eigenvalue weighted by Crippen LogP contribution is 2.55. The van der Waals surface area contributed by atoms with Crippen LogP contribution in [0, 0.1) is 17.3 Å². The zero-order valence-corrected chi connectivity index (χ0v) is 15.9. The highest BCUT2D eigenvalue weighted by Gasteiger charge is 2.65. The first kappa shape index (κ1) is 18.6. The molecule has 1 heterocycles. The molecule has 6 atom stereocenters. The van der Waals surface area contributed by atoms with Crippen LogP contribution in [0.1, 0.15) is 53.4 Å². The van der Waals surface area contributed by atoms with Crippen molar-refractivity contribution in [1.29, 1.82) is 0 Å². The summed E-state index contributed by atoms with van der Waals surface area (Å²) in [7, 11) is -3.54. The van der Waals surface area contributed by atoms with E-state index in [1.54, 1.807) is 20.8 Å². The third kappa shape index (κ3) is 3.07. The molecule has 6 unspecified atom stereocenters. The molecule has 3 rings (SSSR count). The SMILES string of the molecule is CCC(OC(=O)C(C)(C)CC)C(=O)OC1C2CC3C1OS(=O)(=O)C3C2. The van der Waals surface area contributed by atoms with Crippen molar-refractivity contribution >= 4 is 22.1 Å². The average molecular weight is 374 g/mol. The minimum Gasteiger partial charge on any atom is -0.457 e. The van der Waals surface area contributed by atoms with Crippen LogP contribution in [0.2, 0.25) is 0 Å². The summed E-state index contributed by atoms with van der Waals surface area (Å²) in [6, 6.07) is 0. The Morgan fingerprint density at radius 2 is 1.92 bits per heavy atom. The van der Waals surface area contributed by atoms with Gasteiger partial charge in [0.2, 0.25) is 0 Å². The Morgan fingerprint density at radius 3 is 2.52 bits per heavy atom. The lowest BCUT2D eigenvalue weighted by Gasteiger charge is -2.28. The largest absolute Gasteiger partial charge is 0.457 e. The maximum atomic E-state index is 12.5. The monoisotopic (exact) mass is 374 g/mol. The van der Waals surface area contributed by atoms with Crippen molar-refractivity contribution in [3.63, 3.8) is 0 Å². The van der Waals surface area contributed by atoms with Crippen molar-refractivity contribution < 1.29 is 31.7 Å². The summed E-state index contributed by atoms with van der Waals surface area (Å²) in [4.78, 5) is 24.7. The van der Waals surface area contributed by atoms with Crippen molar-refractivity contribution in [2.24, 2.45) is 17.3 Å². The Hall–Kier alpha value is -1.15. The maximum Gasteiger partial charge on any atom is 0.347 e. The van der Waals surface area contributed by atoms with Gasteiger partial charge in [-0.2, -0.15) is 8.42 Å². The smallest absolute Gasteiger partial charge is 0.347 e. The van der Waals surface area contributed by atoms with Crippen LogP contribution in [0.3, 0.4) is 0 Å². The summed E-state index contributed by atoms with van der Waals surface area (Å²) in [6.07, 6.45) is -0.0641. The second kappa shape index (κ2) is 6.23. The van der Waals surface area contributed by atoms with Gasteiger partial charge in [-0.15, -0.1) is 0 Å². The van der Waals surface area contributed by atoms with Crippen LogP contribution >= 0.6 is 0 Å². The number of fused-ring (bicyclic) bond motifs is 1. The predicted octanol–water partition coefficient (Wildman–Crippen LogP) is 1.79. The van der Waals surface area contributed by atoms with Crippen molar-refractivity contribution in [3.8, 4) is 0 Å². The number of hydrogen-bond donors (Lipinski definition) is 0. The third-order valence-corrected chi connectivity index (χ3v) is 7.76. The van der Waals surface area contributed by atoms with Gasteiger partial charge in [0, 0.05) is 11.8 Å². The van der Waals surface area contributed by atoms with E-state index in [0.29, 0.717) is 25.7 Å². The molecule has 1 aliphatic heterocycles. The van der Waals surface area contributed by atoms with Gasteiger partial charge in [0.25, 0.3) is 10.1 Å². The molecule has 0 aromatic rings. The van der Waals surface area contributed by atoms with Crippen molar-refractivity contribution in [2.75, 3.05) is 0 Å². The third-order valence-electron chi connectivity index (χ3n) is 5.99. The molecule has 142 valence electrons. The van der Waals surface area contributed by atoms with Gasteiger partial charge >= 0.3 is 11.9 Å². The molecule has 7 nitrogen and oxygen atoms in total. The molecular weight excluding hydrogens is 348 g/mol. The second-order valence-corrected chi connectivity index (χ2v) is 9.71. The van der Waals surface area contributed by atoms with Gasteiger partial charge in [-0.05, 0) is 39.5 Å². The van der Waals surface area contributed by atoms with Gasteiger partial charge < -0.3 is 9.47 Å². The van der Waals surface area contributed by atoms with Gasteiger partial charge in [0.1, 0.15) is 12.2 Å². The Balaban J connectivity index is 1.65. The molecule has 1 saturated heterocycles. The van der Waals surface area contributed by atoms with Crippen molar-refractivity contribution in [2.45, 2.75) is 76.9 Å². The minimum atomic E-state index is -3.54.